The molecule has 3 N–H and O–H groups in total. The zero-order valence-corrected chi connectivity index (χ0v) is 12.9. The van der Waals surface area contributed by atoms with Gasteiger partial charge in [-0.15, -0.1) is 0 Å². The molecular formula is C16H21N5O. The standard InChI is InChI=1S/C16H21N5O/c1-3-21(13-6-4-5-12(2)9-13)8-7-19-15-11-18-10-14(20-15)16(17)22/h4-6,9-11H,3,7-8H2,1-2H3,(H2,17,22)(H,19,20). The van der Waals surface area contributed by atoms with Gasteiger partial charge in [-0.05, 0) is 31.5 Å². The molecule has 0 bridgehead atoms. The van der Waals surface area contributed by atoms with Crippen LogP contribution in [0.5, 0.6) is 0 Å². The Morgan fingerprint density at radius 2 is 2.18 bits per heavy atom. The van der Waals surface area contributed by atoms with Crippen LogP contribution in [-0.4, -0.2) is 35.5 Å². The maximum absolute atomic E-state index is 11.1. The first kappa shape index (κ1) is 15.8. The minimum Gasteiger partial charge on any atom is -0.370 e. The molecule has 1 aromatic heterocycles. The number of anilines is 2. The average molecular weight is 299 g/mol. The number of aromatic nitrogens is 2. The van der Waals surface area contributed by atoms with Crippen LogP contribution in [0.2, 0.25) is 0 Å². The number of hydrogen-bond acceptors (Lipinski definition) is 5. The van der Waals surface area contributed by atoms with Gasteiger partial charge in [0.1, 0.15) is 11.5 Å². The van der Waals surface area contributed by atoms with Crippen LogP contribution < -0.4 is 16.0 Å². The zero-order chi connectivity index (χ0) is 15.9. The summed E-state index contributed by atoms with van der Waals surface area (Å²) in [5.74, 6) is -0.0253. The van der Waals surface area contributed by atoms with Crippen molar-refractivity contribution >= 4 is 17.4 Å². The topological polar surface area (TPSA) is 84.1 Å². The predicted molar refractivity (Wildman–Crippen MR) is 88.1 cm³/mol. The first-order valence-corrected chi connectivity index (χ1v) is 7.27. The second-order valence-corrected chi connectivity index (χ2v) is 5.00. The van der Waals surface area contributed by atoms with Gasteiger partial charge in [-0.3, -0.25) is 9.78 Å². The van der Waals surface area contributed by atoms with E-state index in [1.807, 2.05) is 0 Å². The summed E-state index contributed by atoms with van der Waals surface area (Å²) in [4.78, 5) is 21.4. The van der Waals surface area contributed by atoms with Gasteiger partial charge in [-0.1, -0.05) is 12.1 Å². The van der Waals surface area contributed by atoms with Gasteiger partial charge in [-0.25, -0.2) is 4.98 Å². The van der Waals surface area contributed by atoms with Crippen LogP contribution in [0, 0.1) is 6.92 Å². The van der Waals surface area contributed by atoms with Crippen molar-refractivity contribution in [3.05, 3.63) is 47.9 Å². The third-order valence-corrected chi connectivity index (χ3v) is 3.32. The molecule has 0 aliphatic rings. The van der Waals surface area contributed by atoms with Crippen LogP contribution in [-0.2, 0) is 0 Å². The number of carbonyl (C=O) groups is 1. The summed E-state index contributed by atoms with van der Waals surface area (Å²) in [5, 5.41) is 3.17. The Morgan fingerprint density at radius 3 is 2.86 bits per heavy atom. The number of nitrogens with one attached hydrogen (secondary N) is 1. The maximum atomic E-state index is 11.1. The molecule has 116 valence electrons. The highest BCUT2D eigenvalue weighted by molar-refractivity contribution is 5.90. The fourth-order valence-electron chi connectivity index (χ4n) is 2.18. The molecule has 6 nitrogen and oxygen atoms in total. The summed E-state index contributed by atoms with van der Waals surface area (Å²) in [6, 6.07) is 8.41. The lowest BCUT2D eigenvalue weighted by Gasteiger charge is -2.23. The minimum atomic E-state index is -0.578. The van der Waals surface area contributed by atoms with Gasteiger partial charge in [0, 0.05) is 25.3 Å². The quantitative estimate of drug-likeness (QED) is 0.814. The fraction of sp³-hybridized carbons (Fsp3) is 0.312. The zero-order valence-electron chi connectivity index (χ0n) is 12.9. The molecule has 0 radical (unpaired) electrons. The molecule has 0 atom stereocenters. The van der Waals surface area contributed by atoms with Crippen molar-refractivity contribution in [1.82, 2.24) is 9.97 Å². The molecule has 0 spiro atoms. The van der Waals surface area contributed by atoms with Crippen LogP contribution in [0.15, 0.2) is 36.7 Å². The van der Waals surface area contributed by atoms with E-state index < -0.39 is 5.91 Å². The van der Waals surface area contributed by atoms with Crippen molar-refractivity contribution in [1.29, 1.82) is 0 Å². The summed E-state index contributed by atoms with van der Waals surface area (Å²) >= 11 is 0. The molecule has 0 aliphatic heterocycles. The summed E-state index contributed by atoms with van der Waals surface area (Å²) in [7, 11) is 0. The number of aryl methyl sites for hydroxylation is 1. The minimum absolute atomic E-state index is 0.163. The number of benzene rings is 1. The van der Waals surface area contributed by atoms with Crippen molar-refractivity contribution in [2.45, 2.75) is 13.8 Å². The van der Waals surface area contributed by atoms with E-state index in [0.29, 0.717) is 12.4 Å². The first-order valence-electron chi connectivity index (χ1n) is 7.27. The smallest absolute Gasteiger partial charge is 0.268 e. The average Bonchev–Trinajstić information content (AvgIpc) is 2.52. The lowest BCUT2D eigenvalue weighted by atomic mass is 10.2. The van der Waals surface area contributed by atoms with Crippen LogP contribution in [0.1, 0.15) is 23.0 Å². The largest absolute Gasteiger partial charge is 0.370 e. The second-order valence-electron chi connectivity index (χ2n) is 5.00. The van der Waals surface area contributed by atoms with Crippen molar-refractivity contribution < 1.29 is 4.79 Å². The number of nitrogens with two attached hydrogens (primary N) is 1. The third kappa shape index (κ3) is 4.18. The van der Waals surface area contributed by atoms with E-state index in [-0.39, 0.29) is 5.69 Å². The van der Waals surface area contributed by atoms with E-state index in [2.05, 4.69) is 58.3 Å². The van der Waals surface area contributed by atoms with Crippen LogP contribution >= 0.6 is 0 Å². The van der Waals surface area contributed by atoms with Gasteiger partial charge in [0.15, 0.2) is 0 Å². The Bertz CT molecular complexity index is 644. The molecule has 0 fully saturated rings. The molecule has 0 saturated heterocycles. The number of rotatable bonds is 7. The van der Waals surface area contributed by atoms with Crippen molar-refractivity contribution in [2.75, 3.05) is 29.9 Å². The van der Waals surface area contributed by atoms with E-state index in [4.69, 9.17) is 5.73 Å². The maximum Gasteiger partial charge on any atom is 0.268 e. The molecular weight excluding hydrogens is 278 g/mol. The van der Waals surface area contributed by atoms with Gasteiger partial charge < -0.3 is 16.0 Å². The molecule has 1 aromatic carbocycles. The summed E-state index contributed by atoms with van der Waals surface area (Å²) in [5.41, 5.74) is 7.79. The van der Waals surface area contributed by atoms with E-state index >= 15 is 0 Å². The highest BCUT2D eigenvalue weighted by Gasteiger charge is 2.06. The number of primary amides is 1. The third-order valence-electron chi connectivity index (χ3n) is 3.32. The molecule has 6 heteroatoms. The number of nitrogens with zero attached hydrogens (tertiary/aromatic N) is 3. The molecule has 1 amide bonds. The Balaban J connectivity index is 1.94. The van der Waals surface area contributed by atoms with Crippen LogP contribution in [0.25, 0.3) is 0 Å². The monoisotopic (exact) mass is 299 g/mol. The Morgan fingerprint density at radius 1 is 1.36 bits per heavy atom. The van der Waals surface area contributed by atoms with E-state index in [1.54, 1.807) is 6.20 Å². The Labute approximate surface area is 130 Å². The fourth-order valence-corrected chi connectivity index (χ4v) is 2.18. The van der Waals surface area contributed by atoms with Crippen molar-refractivity contribution in [3.8, 4) is 0 Å². The van der Waals surface area contributed by atoms with Crippen LogP contribution in [0.3, 0.4) is 0 Å². The van der Waals surface area contributed by atoms with Gasteiger partial charge in [0.2, 0.25) is 0 Å². The number of carbonyl (C=O) groups excluding carboxylic acids is 1. The molecule has 22 heavy (non-hydrogen) atoms. The lowest BCUT2D eigenvalue weighted by molar-refractivity contribution is 0.0995. The molecule has 2 rings (SSSR count). The lowest BCUT2D eigenvalue weighted by Crippen LogP contribution is -2.29. The summed E-state index contributed by atoms with van der Waals surface area (Å²) < 4.78 is 0. The van der Waals surface area contributed by atoms with Gasteiger partial charge in [0.25, 0.3) is 5.91 Å². The van der Waals surface area contributed by atoms with E-state index in [1.165, 1.54) is 17.4 Å². The Kier molecular flexibility index (Phi) is 5.30. The van der Waals surface area contributed by atoms with Gasteiger partial charge in [0.05, 0.1) is 12.4 Å². The molecule has 0 saturated carbocycles. The van der Waals surface area contributed by atoms with E-state index in [9.17, 15) is 4.79 Å². The SMILES string of the molecule is CCN(CCNc1cncc(C(N)=O)n1)c1cccc(C)c1. The highest BCUT2D eigenvalue weighted by Crippen LogP contribution is 2.15. The second kappa shape index (κ2) is 7.40. The predicted octanol–water partition coefficient (Wildman–Crippen LogP) is 1.82. The molecule has 0 unspecified atom stereocenters. The normalized spacial score (nSPS) is 10.3. The highest BCUT2D eigenvalue weighted by atomic mass is 16.1. The van der Waals surface area contributed by atoms with Crippen molar-refractivity contribution in [2.24, 2.45) is 5.73 Å². The van der Waals surface area contributed by atoms with E-state index in [0.717, 1.165) is 13.1 Å². The van der Waals surface area contributed by atoms with Crippen molar-refractivity contribution in [3.63, 3.8) is 0 Å². The first-order chi connectivity index (χ1) is 10.6. The van der Waals surface area contributed by atoms with Crippen LogP contribution in [0.4, 0.5) is 11.5 Å². The van der Waals surface area contributed by atoms with Gasteiger partial charge >= 0.3 is 0 Å². The molecule has 1 heterocycles. The number of hydrogen-bond donors (Lipinski definition) is 2. The summed E-state index contributed by atoms with van der Waals surface area (Å²) in [6.45, 7) is 6.63. The number of likely N-dealkylation sites (N-methyl/N-ethyl adjacent to an activating group) is 1. The van der Waals surface area contributed by atoms with Gasteiger partial charge in [-0.2, -0.15) is 0 Å². The summed E-state index contributed by atoms with van der Waals surface area (Å²) in [6.07, 6.45) is 2.94. The molecule has 0 aliphatic carbocycles. The Hall–Kier alpha value is -2.63. The molecule has 2 aromatic rings. The number of amides is 1.